The lowest BCUT2D eigenvalue weighted by Crippen LogP contribution is -2.28. The third-order valence-electron chi connectivity index (χ3n) is 12.0. The number of benzene rings is 10. The molecule has 0 aromatic heterocycles. The van der Waals surface area contributed by atoms with Crippen molar-refractivity contribution < 1.29 is 5.48 Å². The highest BCUT2D eigenvalue weighted by molar-refractivity contribution is 6.00. The zero-order valence-electron chi connectivity index (χ0n) is 36.8. The normalized spacial score (nSPS) is 13.4. The number of hydrogen-bond acceptors (Lipinski definition) is 1. The van der Waals surface area contributed by atoms with Crippen molar-refractivity contribution in [3.8, 4) is 44.5 Å². The van der Waals surface area contributed by atoms with E-state index < -0.39 is 5.41 Å². The third kappa shape index (κ3) is 5.86. The van der Waals surface area contributed by atoms with E-state index in [-0.39, 0.29) is 35.4 Å². The zero-order chi connectivity index (χ0) is 43.4. The van der Waals surface area contributed by atoms with Gasteiger partial charge in [0.15, 0.2) is 0 Å². The van der Waals surface area contributed by atoms with Gasteiger partial charge in [-0.05, 0) is 102 Å². The zero-order valence-corrected chi connectivity index (χ0v) is 32.8. The second-order valence-corrected chi connectivity index (χ2v) is 15.3. The van der Waals surface area contributed by atoms with Crippen molar-refractivity contribution in [2.75, 3.05) is 4.90 Å². The summed E-state index contributed by atoms with van der Waals surface area (Å²) in [5.41, 5.74) is 12.4. The molecule has 282 valence electrons. The van der Waals surface area contributed by atoms with Gasteiger partial charge in [0.05, 0.1) is 16.6 Å². The number of nitrogens with zero attached hydrogens (tertiary/aromatic N) is 1. The Morgan fingerprint density at radius 3 is 1.60 bits per heavy atom. The van der Waals surface area contributed by atoms with Crippen LogP contribution in [-0.4, -0.2) is 0 Å². The molecule has 0 unspecified atom stereocenters. The molecule has 0 bridgehead atoms. The highest BCUT2D eigenvalue weighted by atomic mass is 15.1. The summed E-state index contributed by atoms with van der Waals surface area (Å²) in [5, 5.41) is 2.25. The van der Waals surface area contributed by atoms with E-state index in [0.29, 0.717) is 11.3 Å². The minimum absolute atomic E-state index is 0.102. The van der Waals surface area contributed by atoms with Crippen molar-refractivity contribution in [3.63, 3.8) is 0 Å². The molecule has 0 fully saturated rings. The maximum absolute atomic E-state index is 9.91. The fourth-order valence-electron chi connectivity index (χ4n) is 9.36. The molecule has 10 aromatic carbocycles. The Hall–Kier alpha value is -7.74. The molecule has 0 spiro atoms. The summed E-state index contributed by atoms with van der Waals surface area (Å²) in [6.07, 6.45) is 0. The fourth-order valence-corrected chi connectivity index (χ4v) is 9.36. The van der Waals surface area contributed by atoms with Gasteiger partial charge >= 0.3 is 0 Å². The lowest BCUT2D eigenvalue weighted by Gasteiger charge is -2.34. The molecule has 0 saturated carbocycles. The van der Waals surface area contributed by atoms with Gasteiger partial charge in [0.1, 0.15) is 0 Å². The summed E-state index contributed by atoms with van der Waals surface area (Å²) < 4.78 is 39.1. The highest BCUT2D eigenvalue weighted by Crippen LogP contribution is 2.59. The summed E-state index contributed by atoms with van der Waals surface area (Å²) in [4.78, 5) is 1.97. The van der Waals surface area contributed by atoms with Crippen molar-refractivity contribution in [2.45, 2.75) is 5.41 Å². The summed E-state index contributed by atoms with van der Waals surface area (Å²) in [7, 11) is 0. The molecule has 1 nitrogen and oxygen atoms in total. The van der Waals surface area contributed by atoms with E-state index in [1.165, 1.54) is 0 Å². The number of rotatable bonds is 8. The van der Waals surface area contributed by atoms with Gasteiger partial charge in [-0.15, -0.1) is 0 Å². The standard InChI is InChI=1S/C59H41N/c1-4-17-42(18-5-1)43-33-35-44(36-34-43)45-37-39-50(40-38-45)60(51-26-14-21-47(41-51)53-29-15-20-46-19-10-11-27-52(46)53)57-32-16-31-56-58(57)54-28-12-13-30-55(54)59(56,48-22-6-2-7-23-48)49-24-8-3-9-25-49/h1-41H/i37D,38D,39D,40D. The van der Waals surface area contributed by atoms with Crippen LogP contribution in [0.2, 0.25) is 0 Å². The first-order valence-electron chi connectivity index (χ1n) is 22.4. The van der Waals surface area contributed by atoms with Crippen LogP contribution >= 0.6 is 0 Å². The van der Waals surface area contributed by atoms with Gasteiger partial charge in [-0.25, -0.2) is 0 Å². The first kappa shape index (κ1) is 31.3. The minimum atomic E-state index is -0.689. The van der Waals surface area contributed by atoms with Crippen LogP contribution in [0.3, 0.4) is 0 Å². The first-order chi connectivity index (χ1) is 31.4. The number of anilines is 3. The second-order valence-electron chi connectivity index (χ2n) is 15.3. The first-order valence-corrected chi connectivity index (χ1v) is 20.4. The van der Waals surface area contributed by atoms with Gasteiger partial charge in [-0.1, -0.05) is 218 Å². The predicted octanol–water partition coefficient (Wildman–Crippen LogP) is 15.7. The van der Waals surface area contributed by atoms with E-state index in [4.69, 9.17) is 0 Å². The highest BCUT2D eigenvalue weighted by Gasteiger charge is 2.47. The maximum Gasteiger partial charge on any atom is 0.0714 e. The van der Waals surface area contributed by atoms with Crippen LogP contribution in [-0.2, 0) is 5.41 Å². The maximum atomic E-state index is 9.91. The van der Waals surface area contributed by atoms with Crippen molar-refractivity contribution in [2.24, 2.45) is 0 Å². The monoisotopic (exact) mass is 767 g/mol. The predicted molar refractivity (Wildman–Crippen MR) is 252 cm³/mol. The van der Waals surface area contributed by atoms with Gasteiger partial charge < -0.3 is 4.90 Å². The van der Waals surface area contributed by atoms with Crippen molar-refractivity contribution in [1.29, 1.82) is 0 Å². The average molecular weight is 768 g/mol. The van der Waals surface area contributed by atoms with Gasteiger partial charge in [-0.2, -0.15) is 0 Å². The van der Waals surface area contributed by atoms with Crippen LogP contribution in [0.4, 0.5) is 17.1 Å². The third-order valence-corrected chi connectivity index (χ3v) is 12.0. The molecular weight excluding hydrogens is 723 g/mol. The average Bonchev–Trinajstić information content (AvgIpc) is 3.67. The SMILES string of the molecule is [2H]c1c([2H])c(N(c2cccc(-c3cccc4ccccc34)c2)c2cccc3c2-c2ccccc2C3(c2ccccc2)c2ccccc2)c([2H])c([2H])c1-c1ccc(-c2ccccc2)cc1. The van der Waals surface area contributed by atoms with Crippen LogP contribution in [0, 0.1) is 0 Å². The molecule has 0 atom stereocenters. The van der Waals surface area contributed by atoms with E-state index in [0.717, 1.165) is 72.1 Å². The largest absolute Gasteiger partial charge is 0.310 e. The van der Waals surface area contributed by atoms with E-state index in [1.54, 1.807) is 0 Å². The number of fused-ring (bicyclic) bond motifs is 4. The molecule has 1 heteroatoms. The quantitative estimate of drug-likeness (QED) is 0.149. The molecule has 0 aliphatic heterocycles. The fraction of sp³-hybridized carbons (Fsp3) is 0.0169. The van der Waals surface area contributed by atoms with Gasteiger partial charge in [0.2, 0.25) is 0 Å². The van der Waals surface area contributed by atoms with Gasteiger partial charge in [0.25, 0.3) is 0 Å². The lowest BCUT2D eigenvalue weighted by atomic mass is 9.68. The number of hydrogen-bond donors (Lipinski definition) is 0. The van der Waals surface area contributed by atoms with Crippen LogP contribution < -0.4 is 4.90 Å². The molecule has 0 saturated heterocycles. The summed E-state index contributed by atoms with van der Waals surface area (Å²) in [6, 6.07) is 76.5. The Bertz CT molecular complexity index is 3290. The van der Waals surface area contributed by atoms with Crippen molar-refractivity contribution in [3.05, 3.63) is 271 Å². The molecule has 0 amide bonds. The van der Waals surface area contributed by atoms with Crippen LogP contribution in [0.15, 0.2) is 249 Å². The van der Waals surface area contributed by atoms with Crippen LogP contribution in [0.1, 0.15) is 27.7 Å². The Kier molecular flexibility index (Phi) is 7.76. The summed E-state index contributed by atoms with van der Waals surface area (Å²) >= 11 is 0. The Morgan fingerprint density at radius 1 is 0.350 bits per heavy atom. The smallest absolute Gasteiger partial charge is 0.0714 e. The lowest BCUT2D eigenvalue weighted by molar-refractivity contribution is 0.768. The summed E-state index contributed by atoms with van der Waals surface area (Å²) in [5.74, 6) is 0. The molecule has 1 aliphatic rings. The van der Waals surface area contributed by atoms with Crippen molar-refractivity contribution in [1.82, 2.24) is 0 Å². The Balaban J connectivity index is 1.19. The molecule has 1 aliphatic carbocycles. The molecule has 60 heavy (non-hydrogen) atoms. The second kappa shape index (κ2) is 14.9. The van der Waals surface area contributed by atoms with E-state index in [1.807, 2.05) is 77.7 Å². The minimum Gasteiger partial charge on any atom is -0.310 e. The van der Waals surface area contributed by atoms with Gasteiger partial charge in [0, 0.05) is 16.9 Å². The molecule has 10 aromatic rings. The van der Waals surface area contributed by atoms with E-state index in [9.17, 15) is 5.48 Å². The Morgan fingerprint density at radius 2 is 0.867 bits per heavy atom. The Labute approximate surface area is 357 Å². The van der Waals surface area contributed by atoms with Crippen LogP contribution in [0.5, 0.6) is 0 Å². The van der Waals surface area contributed by atoms with Crippen LogP contribution in [0.25, 0.3) is 55.3 Å². The van der Waals surface area contributed by atoms with E-state index >= 15 is 0 Å². The van der Waals surface area contributed by atoms with Gasteiger partial charge in [-0.3, -0.25) is 0 Å². The topological polar surface area (TPSA) is 3.24 Å². The van der Waals surface area contributed by atoms with E-state index in [2.05, 4.69) is 152 Å². The molecule has 0 N–H and O–H groups in total. The molecule has 11 rings (SSSR count). The molecule has 0 heterocycles. The molecular formula is C59H41N. The summed E-state index contributed by atoms with van der Waals surface area (Å²) in [6.45, 7) is 0. The molecule has 0 radical (unpaired) electrons. The van der Waals surface area contributed by atoms with Crippen molar-refractivity contribution >= 4 is 27.8 Å².